The van der Waals surface area contributed by atoms with E-state index in [1.807, 2.05) is 29.8 Å². The molecule has 0 aliphatic rings. The van der Waals surface area contributed by atoms with Gasteiger partial charge in [0, 0.05) is 19.0 Å². The molecule has 102 valence electrons. The van der Waals surface area contributed by atoms with Gasteiger partial charge in [-0.15, -0.1) is 11.3 Å². The zero-order valence-electron chi connectivity index (χ0n) is 10.7. The molecule has 0 saturated carbocycles. The lowest BCUT2D eigenvalue weighted by atomic mass is 10.3. The van der Waals surface area contributed by atoms with Crippen molar-refractivity contribution in [3.63, 3.8) is 0 Å². The van der Waals surface area contributed by atoms with Gasteiger partial charge in [0.1, 0.15) is 11.6 Å². The number of nitrogens with zero attached hydrogens (tertiary/aromatic N) is 3. The zero-order valence-corrected chi connectivity index (χ0v) is 13.0. The Bertz CT molecular complexity index is 545. The summed E-state index contributed by atoms with van der Waals surface area (Å²) < 4.78 is 0. The highest BCUT2D eigenvalue weighted by atomic mass is 35.5. The van der Waals surface area contributed by atoms with Crippen LogP contribution in [0.2, 0.25) is 10.0 Å². The van der Waals surface area contributed by atoms with Gasteiger partial charge in [-0.2, -0.15) is 0 Å². The Morgan fingerprint density at radius 1 is 1.37 bits per heavy atom. The van der Waals surface area contributed by atoms with Crippen molar-refractivity contribution in [3.8, 4) is 0 Å². The summed E-state index contributed by atoms with van der Waals surface area (Å²) in [4.78, 5) is 10.7. The quantitative estimate of drug-likeness (QED) is 0.908. The fourth-order valence-corrected chi connectivity index (χ4v) is 2.77. The fourth-order valence-electron chi connectivity index (χ4n) is 1.65. The second kappa shape index (κ2) is 6.41. The van der Waals surface area contributed by atoms with E-state index in [4.69, 9.17) is 23.2 Å². The fraction of sp³-hybridized carbons (Fsp3) is 0.333. The summed E-state index contributed by atoms with van der Waals surface area (Å²) in [6, 6.07) is 1.71. The first-order chi connectivity index (χ1) is 9.11. The van der Waals surface area contributed by atoms with Crippen LogP contribution in [-0.2, 0) is 6.54 Å². The zero-order chi connectivity index (χ0) is 13.8. The highest BCUT2D eigenvalue weighted by Gasteiger charge is 2.13. The van der Waals surface area contributed by atoms with Crippen molar-refractivity contribution in [1.29, 1.82) is 0 Å². The maximum Gasteiger partial charge on any atom is 0.150 e. The molecule has 0 unspecified atom stereocenters. The second-order valence-corrected chi connectivity index (χ2v) is 5.52. The molecule has 2 rings (SSSR count). The molecule has 0 radical (unpaired) electrons. The van der Waals surface area contributed by atoms with E-state index in [1.54, 1.807) is 17.4 Å². The monoisotopic (exact) mass is 316 g/mol. The Morgan fingerprint density at radius 2 is 2.16 bits per heavy atom. The van der Waals surface area contributed by atoms with Crippen LogP contribution in [0.15, 0.2) is 17.0 Å². The Kier molecular flexibility index (Phi) is 4.85. The lowest BCUT2D eigenvalue weighted by Gasteiger charge is -2.19. The van der Waals surface area contributed by atoms with Crippen molar-refractivity contribution in [2.45, 2.75) is 13.5 Å². The molecule has 1 N–H and O–H groups in total. The number of anilines is 2. The predicted octanol–water partition coefficient (Wildman–Crippen LogP) is 3.91. The molecule has 2 aromatic rings. The van der Waals surface area contributed by atoms with E-state index < -0.39 is 0 Å². The molecule has 0 saturated heterocycles. The summed E-state index contributed by atoms with van der Waals surface area (Å²) in [7, 11) is 1.93. The van der Waals surface area contributed by atoms with Crippen LogP contribution in [0.4, 0.5) is 11.6 Å². The maximum absolute atomic E-state index is 6.20. The average molecular weight is 317 g/mol. The van der Waals surface area contributed by atoms with E-state index in [9.17, 15) is 0 Å². The third-order valence-electron chi connectivity index (χ3n) is 2.50. The van der Waals surface area contributed by atoms with Crippen molar-refractivity contribution < 1.29 is 0 Å². The van der Waals surface area contributed by atoms with Crippen LogP contribution in [-0.4, -0.2) is 23.6 Å². The number of hydrogen-bond donors (Lipinski definition) is 1. The molecule has 0 spiro atoms. The summed E-state index contributed by atoms with van der Waals surface area (Å²) in [5, 5.41) is 6.18. The normalized spacial score (nSPS) is 10.5. The molecule has 0 aromatic carbocycles. The molecule has 0 bridgehead atoms. The third kappa shape index (κ3) is 3.49. The number of thiazole rings is 1. The smallest absolute Gasteiger partial charge is 0.150 e. The molecular formula is C12H14Cl2N4S. The number of hydrogen-bond acceptors (Lipinski definition) is 5. The van der Waals surface area contributed by atoms with E-state index in [0.29, 0.717) is 28.2 Å². The second-order valence-electron chi connectivity index (χ2n) is 3.99. The van der Waals surface area contributed by atoms with E-state index in [0.717, 1.165) is 12.2 Å². The lowest BCUT2D eigenvalue weighted by molar-refractivity contribution is 0.874. The minimum atomic E-state index is 0.526. The molecular weight excluding hydrogens is 303 g/mol. The number of pyridine rings is 1. The van der Waals surface area contributed by atoms with E-state index >= 15 is 0 Å². The Hall–Kier alpha value is -1.04. The van der Waals surface area contributed by atoms with Crippen LogP contribution in [0.3, 0.4) is 0 Å². The first-order valence-corrected chi connectivity index (χ1v) is 7.49. The largest absolute Gasteiger partial charge is 0.369 e. The van der Waals surface area contributed by atoms with Gasteiger partial charge in [0.05, 0.1) is 27.8 Å². The standard InChI is InChI=1S/C12H14Cl2N4S/c1-3-15-11-9(13)4-10(14)12(17-11)18(2)5-8-6-19-7-16-8/h4,6-7H,3,5H2,1-2H3,(H,15,17). The van der Waals surface area contributed by atoms with Crippen molar-refractivity contribution in [2.75, 3.05) is 23.8 Å². The van der Waals surface area contributed by atoms with Crippen LogP contribution >= 0.6 is 34.5 Å². The Labute approximate surface area is 126 Å². The summed E-state index contributed by atoms with van der Waals surface area (Å²) in [6.07, 6.45) is 0. The van der Waals surface area contributed by atoms with Gasteiger partial charge >= 0.3 is 0 Å². The SMILES string of the molecule is CCNc1nc(N(C)Cc2cscn2)c(Cl)cc1Cl. The molecule has 0 amide bonds. The van der Waals surface area contributed by atoms with Gasteiger partial charge in [-0.1, -0.05) is 23.2 Å². The number of aromatic nitrogens is 2. The minimum absolute atomic E-state index is 0.526. The maximum atomic E-state index is 6.20. The van der Waals surface area contributed by atoms with Crippen LogP contribution in [0.25, 0.3) is 0 Å². The highest BCUT2D eigenvalue weighted by molar-refractivity contribution is 7.07. The van der Waals surface area contributed by atoms with Gasteiger partial charge in [0.15, 0.2) is 0 Å². The van der Waals surface area contributed by atoms with Crippen LogP contribution in [0, 0.1) is 0 Å². The van der Waals surface area contributed by atoms with Gasteiger partial charge in [0.25, 0.3) is 0 Å². The Morgan fingerprint density at radius 3 is 2.79 bits per heavy atom. The number of nitrogens with one attached hydrogen (secondary N) is 1. The molecule has 19 heavy (non-hydrogen) atoms. The van der Waals surface area contributed by atoms with Gasteiger partial charge < -0.3 is 10.2 Å². The molecule has 0 fully saturated rings. The van der Waals surface area contributed by atoms with Crippen molar-refractivity contribution in [2.24, 2.45) is 0 Å². The van der Waals surface area contributed by atoms with Crippen LogP contribution in [0.5, 0.6) is 0 Å². The van der Waals surface area contributed by atoms with E-state index in [-0.39, 0.29) is 0 Å². The van der Waals surface area contributed by atoms with Crippen molar-refractivity contribution in [1.82, 2.24) is 9.97 Å². The minimum Gasteiger partial charge on any atom is -0.369 e. The third-order valence-corrected chi connectivity index (χ3v) is 3.70. The van der Waals surface area contributed by atoms with E-state index in [1.165, 1.54) is 0 Å². The summed E-state index contributed by atoms with van der Waals surface area (Å²) in [5.74, 6) is 1.34. The first kappa shape index (κ1) is 14.4. The van der Waals surface area contributed by atoms with Gasteiger partial charge in [0.2, 0.25) is 0 Å². The molecule has 7 heteroatoms. The molecule has 0 aliphatic heterocycles. The van der Waals surface area contributed by atoms with Crippen molar-refractivity contribution >= 4 is 46.2 Å². The van der Waals surface area contributed by atoms with Crippen LogP contribution in [0.1, 0.15) is 12.6 Å². The first-order valence-electron chi connectivity index (χ1n) is 5.80. The topological polar surface area (TPSA) is 41.1 Å². The molecule has 4 nitrogen and oxygen atoms in total. The van der Waals surface area contributed by atoms with E-state index in [2.05, 4.69) is 15.3 Å². The summed E-state index contributed by atoms with van der Waals surface area (Å²) >= 11 is 13.9. The number of halogens is 2. The van der Waals surface area contributed by atoms with Gasteiger partial charge in [-0.25, -0.2) is 9.97 Å². The van der Waals surface area contributed by atoms with Gasteiger partial charge in [-0.05, 0) is 13.0 Å². The van der Waals surface area contributed by atoms with Gasteiger partial charge in [-0.3, -0.25) is 0 Å². The molecule has 2 aromatic heterocycles. The van der Waals surface area contributed by atoms with Crippen LogP contribution < -0.4 is 10.2 Å². The van der Waals surface area contributed by atoms with Crippen molar-refractivity contribution in [3.05, 3.63) is 32.7 Å². The average Bonchev–Trinajstić information content (AvgIpc) is 2.85. The summed E-state index contributed by atoms with van der Waals surface area (Å²) in [5.41, 5.74) is 2.80. The molecule has 0 atom stereocenters. The number of rotatable bonds is 5. The highest BCUT2D eigenvalue weighted by Crippen LogP contribution is 2.31. The summed E-state index contributed by atoms with van der Waals surface area (Å²) in [6.45, 7) is 3.40. The lowest BCUT2D eigenvalue weighted by Crippen LogP contribution is -2.19. The molecule has 0 aliphatic carbocycles. The molecule has 2 heterocycles. The predicted molar refractivity (Wildman–Crippen MR) is 82.6 cm³/mol. The Balaban J connectivity index is 2.25.